The molecule has 2 aliphatic heterocycles. The number of aliphatic hydroxyl groups is 1. The van der Waals surface area contributed by atoms with Crippen molar-refractivity contribution in [2.24, 2.45) is 41.2 Å². The van der Waals surface area contributed by atoms with Crippen LogP contribution in [0.5, 0.6) is 0 Å². The number of fused-ring (bicyclic) bond motifs is 1. The van der Waals surface area contributed by atoms with Gasteiger partial charge in [0, 0.05) is 54.2 Å². The number of nitrogens with two attached hydrogens (primary N) is 1. The van der Waals surface area contributed by atoms with Gasteiger partial charge in [0.2, 0.25) is 0 Å². The summed E-state index contributed by atoms with van der Waals surface area (Å²) < 4.78 is 28.5. The van der Waals surface area contributed by atoms with Crippen LogP contribution in [0.1, 0.15) is 84.5 Å². The molecule has 6 nitrogen and oxygen atoms in total. The molecule has 4 N–H and O–H groups in total. The van der Waals surface area contributed by atoms with E-state index in [1.165, 1.54) is 19.3 Å². The van der Waals surface area contributed by atoms with Crippen LogP contribution in [0.15, 0.2) is 12.3 Å². The topological polar surface area (TPSA) is 88.5 Å². The molecule has 2 heterocycles. The smallest absolute Gasteiger partial charge is 0.263 e. The Balaban J connectivity index is 1.32. The molecule has 9 heteroatoms. The maximum Gasteiger partial charge on any atom is 0.263 e. The van der Waals surface area contributed by atoms with Gasteiger partial charge in [-0.1, -0.05) is 36.1 Å². The van der Waals surface area contributed by atoms with E-state index in [4.69, 9.17) is 5.73 Å². The quantitative estimate of drug-likeness (QED) is 0.365. The van der Waals surface area contributed by atoms with Crippen molar-refractivity contribution < 1.29 is 13.9 Å². The normalized spacial score (nSPS) is 43.6. The van der Waals surface area contributed by atoms with Crippen LogP contribution in [0.25, 0.3) is 0 Å². The van der Waals surface area contributed by atoms with Crippen LogP contribution >= 0.6 is 9.24 Å². The lowest BCUT2D eigenvalue weighted by atomic mass is 9.70. The maximum absolute atomic E-state index is 14.3. The Bertz CT molecular complexity index is 922. The van der Waals surface area contributed by atoms with Crippen LogP contribution in [-0.2, 0) is 0 Å². The lowest BCUT2D eigenvalue weighted by Gasteiger charge is -2.51. The number of nitrogens with zero attached hydrogens (tertiary/aromatic N) is 3. The lowest BCUT2D eigenvalue weighted by Crippen LogP contribution is -2.58. The summed E-state index contributed by atoms with van der Waals surface area (Å²) in [7, 11) is 1.63. The van der Waals surface area contributed by atoms with Crippen molar-refractivity contribution in [3.8, 4) is 6.07 Å². The average Bonchev–Trinajstić information content (AvgIpc) is 3.69. The first-order valence-electron chi connectivity index (χ1n) is 15.6. The van der Waals surface area contributed by atoms with Crippen LogP contribution in [0.4, 0.5) is 8.78 Å². The monoisotopic (exact) mass is 565 g/mol. The van der Waals surface area contributed by atoms with Gasteiger partial charge in [-0.15, -0.1) is 0 Å². The number of nitriles is 1. The summed E-state index contributed by atoms with van der Waals surface area (Å²) in [6.45, 7) is 9.82. The number of aliphatic hydroxyl groups excluding tert-OH is 1. The van der Waals surface area contributed by atoms with Crippen LogP contribution in [0.3, 0.4) is 0 Å². The van der Waals surface area contributed by atoms with Gasteiger partial charge in [0.1, 0.15) is 0 Å². The highest BCUT2D eigenvalue weighted by Crippen LogP contribution is 2.50. The summed E-state index contributed by atoms with van der Waals surface area (Å²) >= 11 is 0. The molecule has 5 rings (SSSR count). The van der Waals surface area contributed by atoms with E-state index >= 15 is 0 Å². The number of likely N-dealkylation sites (tertiary alicyclic amines) is 1. The Hall–Kier alpha value is -0.840. The van der Waals surface area contributed by atoms with E-state index in [1.54, 1.807) is 9.24 Å². The van der Waals surface area contributed by atoms with E-state index in [9.17, 15) is 19.1 Å². The molecular formula is C30H50F2N5OP. The van der Waals surface area contributed by atoms with Crippen LogP contribution in [0.2, 0.25) is 0 Å². The van der Waals surface area contributed by atoms with E-state index in [-0.39, 0.29) is 30.5 Å². The summed E-state index contributed by atoms with van der Waals surface area (Å²) in [6.07, 6.45) is 10.2. The third-order valence-electron chi connectivity index (χ3n) is 11.1. The molecule has 0 aromatic rings. The van der Waals surface area contributed by atoms with Crippen LogP contribution in [-0.4, -0.2) is 63.5 Å². The minimum atomic E-state index is -3.00. The number of rotatable bonds is 8. The second-order valence-electron chi connectivity index (χ2n) is 13.3. The van der Waals surface area contributed by atoms with Gasteiger partial charge in [0.05, 0.1) is 24.1 Å². The zero-order valence-electron chi connectivity index (χ0n) is 23.8. The second-order valence-corrected chi connectivity index (χ2v) is 14.1. The summed E-state index contributed by atoms with van der Waals surface area (Å²) in [5.41, 5.74) is 8.38. The van der Waals surface area contributed by atoms with E-state index in [0.29, 0.717) is 30.3 Å². The Morgan fingerprint density at radius 2 is 1.85 bits per heavy atom. The van der Waals surface area contributed by atoms with Gasteiger partial charge in [-0.25, -0.2) is 13.8 Å². The molecule has 0 spiro atoms. The van der Waals surface area contributed by atoms with Gasteiger partial charge < -0.3 is 15.7 Å². The SMILES string of the molecule is C=C(C1CC(C#N)C(C(F)(F)P)CC1N)N1CCC2C(C(CCC)NN2C2CCC(C3CC3)CC2O)C1CC. The molecule has 3 saturated carbocycles. The maximum atomic E-state index is 14.3. The van der Waals surface area contributed by atoms with Gasteiger partial charge in [0.25, 0.3) is 5.66 Å². The number of nitrogens with one attached hydrogen (secondary N) is 1. The molecule has 3 aliphatic carbocycles. The Morgan fingerprint density at radius 1 is 1.13 bits per heavy atom. The van der Waals surface area contributed by atoms with E-state index in [2.05, 4.69) is 41.8 Å². The van der Waals surface area contributed by atoms with Gasteiger partial charge >= 0.3 is 0 Å². The predicted molar refractivity (Wildman–Crippen MR) is 153 cm³/mol. The summed E-state index contributed by atoms with van der Waals surface area (Å²) in [5.74, 6) is -0.0150. The molecule has 0 aromatic heterocycles. The fourth-order valence-electron chi connectivity index (χ4n) is 8.97. The molecule has 5 fully saturated rings. The third kappa shape index (κ3) is 5.78. The predicted octanol–water partition coefficient (Wildman–Crippen LogP) is 4.86. The fourth-order valence-corrected chi connectivity index (χ4v) is 9.34. The van der Waals surface area contributed by atoms with Crippen molar-refractivity contribution in [3.63, 3.8) is 0 Å². The minimum Gasteiger partial charge on any atom is -0.391 e. The Labute approximate surface area is 236 Å². The van der Waals surface area contributed by atoms with Gasteiger partial charge in [-0.05, 0) is 76.0 Å². The highest BCUT2D eigenvalue weighted by Gasteiger charge is 2.54. The zero-order valence-corrected chi connectivity index (χ0v) is 25.0. The van der Waals surface area contributed by atoms with Crippen molar-refractivity contribution in [2.45, 2.75) is 126 Å². The molecule has 220 valence electrons. The molecular weight excluding hydrogens is 515 g/mol. The first-order valence-corrected chi connectivity index (χ1v) is 16.2. The number of piperidine rings is 1. The van der Waals surface area contributed by atoms with Gasteiger partial charge in [0.15, 0.2) is 0 Å². The van der Waals surface area contributed by atoms with Crippen molar-refractivity contribution in [1.82, 2.24) is 15.3 Å². The standard InChI is InChI=1S/C30H50F2N5OP/c1-4-6-24-29-25(5-2)36(17(3)21-13-20(16-33)22(15-23(21)34)30(31,32)39)12-11-27(29)37(35-24)26-10-9-19(14-28(26)38)18-7-8-18/h18-29,35,38H,3-15,34,39H2,1-2H3. The van der Waals surface area contributed by atoms with Crippen molar-refractivity contribution >= 4 is 9.24 Å². The lowest BCUT2D eigenvalue weighted by molar-refractivity contribution is -0.0459. The molecule has 39 heavy (non-hydrogen) atoms. The zero-order chi connectivity index (χ0) is 28.1. The highest BCUT2D eigenvalue weighted by atomic mass is 31.0. The Morgan fingerprint density at radius 3 is 2.44 bits per heavy atom. The molecule has 0 radical (unpaired) electrons. The molecule has 0 bridgehead atoms. The second kappa shape index (κ2) is 11.8. The summed E-state index contributed by atoms with van der Waals surface area (Å²) in [5, 5.41) is 23.5. The van der Waals surface area contributed by atoms with E-state index in [0.717, 1.165) is 56.7 Å². The van der Waals surface area contributed by atoms with Crippen molar-refractivity contribution in [2.75, 3.05) is 6.54 Å². The number of hydrazine groups is 1. The molecule has 5 aliphatic rings. The Kier molecular flexibility index (Phi) is 8.97. The molecule has 12 atom stereocenters. The molecule has 2 saturated heterocycles. The van der Waals surface area contributed by atoms with Crippen LogP contribution < -0.4 is 11.2 Å². The number of hydrogen-bond acceptors (Lipinski definition) is 6. The number of halogens is 2. The highest BCUT2D eigenvalue weighted by molar-refractivity contribution is 7.18. The van der Waals surface area contributed by atoms with E-state index in [1.807, 2.05) is 0 Å². The number of hydrogen-bond donors (Lipinski definition) is 3. The van der Waals surface area contributed by atoms with Crippen molar-refractivity contribution in [3.05, 3.63) is 12.3 Å². The van der Waals surface area contributed by atoms with E-state index < -0.39 is 23.5 Å². The third-order valence-corrected chi connectivity index (χ3v) is 11.5. The molecule has 0 amide bonds. The average molecular weight is 566 g/mol. The molecule has 0 aromatic carbocycles. The van der Waals surface area contributed by atoms with Gasteiger partial charge in [-0.3, -0.25) is 5.43 Å². The summed E-state index contributed by atoms with van der Waals surface area (Å²) in [4.78, 5) is 2.42. The number of alkyl halides is 2. The summed E-state index contributed by atoms with van der Waals surface area (Å²) in [6, 6.07) is 2.85. The first-order chi connectivity index (χ1) is 18.6. The largest absolute Gasteiger partial charge is 0.391 e. The van der Waals surface area contributed by atoms with Gasteiger partial charge in [-0.2, -0.15) is 5.26 Å². The molecule has 12 unspecified atom stereocenters. The van der Waals surface area contributed by atoms with Crippen molar-refractivity contribution in [1.29, 1.82) is 5.26 Å². The minimum absolute atomic E-state index is 0.129. The first kappa shape index (κ1) is 29.6. The van der Waals surface area contributed by atoms with Crippen LogP contribution in [0, 0.1) is 46.8 Å². The fraction of sp³-hybridized carbons (Fsp3) is 0.900.